The van der Waals surface area contributed by atoms with Gasteiger partial charge in [0.2, 0.25) is 5.88 Å². The molecule has 6 rings (SSSR count). The molecule has 1 N–H and O–H groups in total. The van der Waals surface area contributed by atoms with Crippen molar-refractivity contribution in [3.05, 3.63) is 119 Å². The number of methoxy groups -OCH3 is 1. The molecular weight excluding hydrogens is 514 g/mol. The van der Waals surface area contributed by atoms with E-state index in [0.717, 1.165) is 22.4 Å². The first kappa shape index (κ1) is 25.8. The fourth-order valence-electron chi connectivity index (χ4n) is 4.85. The lowest BCUT2D eigenvalue weighted by Gasteiger charge is -2.22. The largest absolute Gasteiger partial charge is 0.481 e. The number of benzene rings is 2. The molecule has 1 unspecified atom stereocenters. The van der Waals surface area contributed by atoms with Gasteiger partial charge in [-0.2, -0.15) is 0 Å². The van der Waals surface area contributed by atoms with E-state index in [1.165, 1.54) is 0 Å². The first-order valence-corrected chi connectivity index (χ1v) is 13.2. The number of hydrogen-bond donors (Lipinski definition) is 1. The number of anilines is 1. The molecule has 0 fully saturated rings. The lowest BCUT2D eigenvalue weighted by Crippen LogP contribution is -2.28. The predicted octanol–water partition coefficient (Wildman–Crippen LogP) is 5.79. The van der Waals surface area contributed by atoms with Crippen LogP contribution in [0.5, 0.6) is 5.88 Å². The summed E-state index contributed by atoms with van der Waals surface area (Å²) in [5, 5.41) is 4.00. The maximum absolute atomic E-state index is 14.4. The Morgan fingerprint density at radius 3 is 2.46 bits per heavy atom. The van der Waals surface area contributed by atoms with E-state index in [1.807, 2.05) is 92.7 Å². The molecule has 0 radical (unpaired) electrons. The van der Waals surface area contributed by atoms with Gasteiger partial charge in [-0.25, -0.2) is 19.9 Å². The topological polar surface area (TPSA) is 108 Å². The Kier molecular flexibility index (Phi) is 6.91. The molecule has 0 saturated heterocycles. The molecule has 0 spiro atoms. The van der Waals surface area contributed by atoms with Crippen LogP contribution in [-0.2, 0) is 0 Å². The number of pyridine rings is 2. The van der Waals surface area contributed by atoms with Crippen LogP contribution in [-0.4, -0.2) is 36.6 Å². The van der Waals surface area contributed by atoms with Crippen molar-refractivity contribution in [2.75, 3.05) is 12.4 Å². The molecule has 2 aromatic carbocycles. The summed E-state index contributed by atoms with van der Waals surface area (Å²) in [5.74, 6) is 2.23. The molecule has 4 heterocycles. The van der Waals surface area contributed by atoms with Crippen LogP contribution in [0.4, 0.5) is 5.82 Å². The van der Waals surface area contributed by atoms with E-state index in [1.54, 1.807) is 30.3 Å². The summed E-state index contributed by atoms with van der Waals surface area (Å²) in [6.07, 6.45) is 5.16. The third-order valence-corrected chi connectivity index (χ3v) is 6.78. The van der Waals surface area contributed by atoms with Crippen LogP contribution in [0.2, 0.25) is 0 Å². The van der Waals surface area contributed by atoms with E-state index in [2.05, 4.69) is 25.3 Å². The summed E-state index contributed by atoms with van der Waals surface area (Å²) in [6.45, 7) is 3.80. The second-order valence-electron chi connectivity index (χ2n) is 9.49. The van der Waals surface area contributed by atoms with Crippen molar-refractivity contribution >= 4 is 16.7 Å². The molecule has 0 bridgehead atoms. The maximum atomic E-state index is 14.4. The maximum Gasteiger partial charge on any atom is 0.266 e. The van der Waals surface area contributed by atoms with Crippen LogP contribution in [0, 0.1) is 6.92 Å². The Morgan fingerprint density at radius 2 is 1.68 bits per heavy atom. The Bertz CT molecular complexity index is 1910. The Morgan fingerprint density at radius 1 is 0.854 bits per heavy atom. The lowest BCUT2D eigenvalue weighted by molar-refractivity contribution is 0.398. The van der Waals surface area contributed by atoms with Gasteiger partial charge in [0.05, 0.1) is 41.0 Å². The molecule has 9 heteroatoms. The van der Waals surface area contributed by atoms with Gasteiger partial charge in [-0.1, -0.05) is 36.4 Å². The number of nitrogens with zero attached hydrogens (tertiary/aromatic N) is 6. The van der Waals surface area contributed by atoms with Crippen molar-refractivity contribution in [2.24, 2.45) is 0 Å². The highest BCUT2D eigenvalue weighted by atomic mass is 16.5. The molecule has 41 heavy (non-hydrogen) atoms. The molecule has 1 atom stereocenters. The summed E-state index contributed by atoms with van der Waals surface area (Å²) in [7, 11) is 1.57. The van der Waals surface area contributed by atoms with Gasteiger partial charge in [-0.3, -0.25) is 14.3 Å². The highest BCUT2D eigenvalue weighted by Crippen LogP contribution is 2.31. The van der Waals surface area contributed by atoms with Crippen LogP contribution in [0.3, 0.4) is 0 Å². The van der Waals surface area contributed by atoms with Crippen molar-refractivity contribution in [1.82, 2.24) is 29.5 Å². The summed E-state index contributed by atoms with van der Waals surface area (Å²) in [5.41, 5.74) is 4.18. The van der Waals surface area contributed by atoms with Gasteiger partial charge in [0.25, 0.3) is 5.56 Å². The zero-order valence-electron chi connectivity index (χ0n) is 22.8. The number of ether oxygens (including phenoxy) is 1. The average molecular weight is 542 g/mol. The highest BCUT2D eigenvalue weighted by molar-refractivity contribution is 5.94. The quantitative estimate of drug-likeness (QED) is 0.271. The highest BCUT2D eigenvalue weighted by Gasteiger charge is 2.22. The Balaban J connectivity index is 1.54. The molecule has 0 saturated carbocycles. The molecule has 202 valence electrons. The van der Waals surface area contributed by atoms with Crippen molar-refractivity contribution in [1.29, 1.82) is 0 Å². The van der Waals surface area contributed by atoms with Gasteiger partial charge in [-0.05, 0) is 61.4 Å². The predicted molar refractivity (Wildman–Crippen MR) is 159 cm³/mol. The fourth-order valence-corrected chi connectivity index (χ4v) is 4.85. The molecule has 0 amide bonds. The molecule has 0 aliphatic rings. The number of aryl methyl sites for hydroxylation is 1. The van der Waals surface area contributed by atoms with Crippen LogP contribution in [0.25, 0.3) is 39.0 Å². The standard InChI is InChI=1S/C32H27N7O2/c1-20(36-30-25(19-35-21(2)37-30)26-13-7-8-16-33-26)31-38-27-14-9-12-24(22-15-17-34-28(18-22)41-3)29(27)32(40)39(31)23-10-5-4-6-11-23/h4-20H,1-3H3,(H,35,36,37). The number of fused-ring (bicyclic) bond motifs is 1. The van der Waals surface area contributed by atoms with Crippen LogP contribution in [0.1, 0.15) is 24.6 Å². The molecule has 9 nitrogen and oxygen atoms in total. The first-order chi connectivity index (χ1) is 20.0. The van der Waals surface area contributed by atoms with Crippen LogP contribution in [0.15, 0.2) is 102 Å². The minimum Gasteiger partial charge on any atom is -0.481 e. The number of para-hydroxylation sites is 1. The number of rotatable bonds is 7. The number of hydrogen-bond acceptors (Lipinski definition) is 8. The SMILES string of the molecule is COc1cc(-c2cccc3nc(C(C)Nc4nc(C)ncc4-c4ccccn4)n(-c4ccccc4)c(=O)c23)ccn1. The third kappa shape index (κ3) is 5.00. The molecule has 4 aromatic heterocycles. The fraction of sp³-hybridized carbons (Fsp3) is 0.125. The summed E-state index contributed by atoms with van der Waals surface area (Å²) in [6, 6.07) is 24.2. The number of nitrogens with one attached hydrogen (secondary N) is 1. The molecular formula is C32H27N7O2. The third-order valence-electron chi connectivity index (χ3n) is 6.78. The van der Waals surface area contributed by atoms with Gasteiger partial charge in [0, 0.05) is 24.7 Å². The van der Waals surface area contributed by atoms with Gasteiger partial charge >= 0.3 is 0 Å². The second kappa shape index (κ2) is 11.0. The second-order valence-corrected chi connectivity index (χ2v) is 9.49. The van der Waals surface area contributed by atoms with Crippen molar-refractivity contribution in [2.45, 2.75) is 19.9 Å². The Labute approximate surface area is 236 Å². The van der Waals surface area contributed by atoms with Crippen molar-refractivity contribution in [3.63, 3.8) is 0 Å². The minimum atomic E-state index is -0.409. The zero-order chi connectivity index (χ0) is 28.3. The van der Waals surface area contributed by atoms with Crippen molar-refractivity contribution in [3.8, 4) is 34.0 Å². The van der Waals surface area contributed by atoms with E-state index < -0.39 is 6.04 Å². The zero-order valence-corrected chi connectivity index (χ0v) is 22.8. The molecule has 6 aromatic rings. The van der Waals surface area contributed by atoms with E-state index in [0.29, 0.717) is 39.9 Å². The Hall–Kier alpha value is -5.44. The smallest absolute Gasteiger partial charge is 0.266 e. The van der Waals surface area contributed by atoms with Crippen molar-refractivity contribution < 1.29 is 4.74 Å². The summed E-state index contributed by atoms with van der Waals surface area (Å²) < 4.78 is 7.00. The summed E-state index contributed by atoms with van der Waals surface area (Å²) in [4.78, 5) is 37.2. The first-order valence-electron chi connectivity index (χ1n) is 13.2. The van der Waals surface area contributed by atoms with Gasteiger partial charge in [-0.15, -0.1) is 0 Å². The normalized spacial score (nSPS) is 11.8. The van der Waals surface area contributed by atoms with Crippen LogP contribution < -0.4 is 15.6 Å². The minimum absolute atomic E-state index is 0.181. The van der Waals surface area contributed by atoms with Gasteiger partial charge < -0.3 is 10.1 Å². The monoisotopic (exact) mass is 541 g/mol. The van der Waals surface area contributed by atoms with Gasteiger partial charge in [0.1, 0.15) is 17.5 Å². The van der Waals surface area contributed by atoms with E-state index >= 15 is 0 Å². The van der Waals surface area contributed by atoms with E-state index in [4.69, 9.17) is 9.72 Å². The van der Waals surface area contributed by atoms with Crippen LogP contribution >= 0.6 is 0 Å². The number of aromatic nitrogens is 6. The van der Waals surface area contributed by atoms with Gasteiger partial charge in [0.15, 0.2) is 0 Å². The summed E-state index contributed by atoms with van der Waals surface area (Å²) >= 11 is 0. The average Bonchev–Trinajstić information content (AvgIpc) is 3.01. The lowest BCUT2D eigenvalue weighted by atomic mass is 10.0. The van der Waals surface area contributed by atoms with E-state index in [9.17, 15) is 4.79 Å². The molecule has 0 aliphatic heterocycles. The molecule has 0 aliphatic carbocycles. The van der Waals surface area contributed by atoms with E-state index in [-0.39, 0.29) is 5.56 Å².